The van der Waals surface area contributed by atoms with E-state index in [-0.39, 0.29) is 6.03 Å². The smallest absolute Gasteiger partial charge is 0.326 e. The number of hydrogen-bond acceptors (Lipinski definition) is 2. The fourth-order valence-electron chi connectivity index (χ4n) is 2.00. The lowest BCUT2D eigenvalue weighted by Gasteiger charge is -2.27. The Kier molecular flexibility index (Phi) is 5.25. The van der Waals surface area contributed by atoms with Gasteiger partial charge in [-0.2, -0.15) is 0 Å². The molecule has 1 saturated heterocycles. The minimum absolute atomic E-state index is 0.243. The first-order valence-corrected chi connectivity index (χ1v) is 6.29. The van der Waals surface area contributed by atoms with E-state index in [9.17, 15) is 9.59 Å². The minimum atomic E-state index is -0.897. The highest BCUT2D eigenvalue weighted by atomic mass is 16.4. The predicted octanol–water partition coefficient (Wildman–Crippen LogP) is 1.68. The van der Waals surface area contributed by atoms with Gasteiger partial charge in [-0.15, -0.1) is 0 Å². The van der Waals surface area contributed by atoms with Crippen LogP contribution in [0.3, 0.4) is 0 Å². The molecule has 17 heavy (non-hydrogen) atoms. The van der Waals surface area contributed by atoms with E-state index in [0.717, 1.165) is 19.3 Å². The Hall–Kier alpha value is -1.26. The van der Waals surface area contributed by atoms with E-state index >= 15 is 0 Å². The number of nitrogens with one attached hydrogen (secondary N) is 1. The van der Waals surface area contributed by atoms with Crippen LogP contribution in [0.5, 0.6) is 0 Å². The summed E-state index contributed by atoms with van der Waals surface area (Å²) in [6, 6.07) is -0.905. The topological polar surface area (TPSA) is 69.6 Å². The fraction of sp³-hybridized carbons (Fsp3) is 0.833. The van der Waals surface area contributed by atoms with Crippen molar-refractivity contribution in [2.75, 3.05) is 13.1 Å². The molecule has 0 aromatic rings. The van der Waals surface area contributed by atoms with Crippen molar-refractivity contribution in [2.24, 2.45) is 5.92 Å². The number of urea groups is 1. The lowest BCUT2D eigenvalue weighted by molar-refractivity contribution is -0.142. The molecule has 0 saturated carbocycles. The summed E-state index contributed by atoms with van der Waals surface area (Å²) in [5, 5.41) is 11.9. The molecule has 0 radical (unpaired) electrons. The third-order valence-corrected chi connectivity index (χ3v) is 2.96. The van der Waals surface area contributed by atoms with Crippen LogP contribution in [0, 0.1) is 5.92 Å². The van der Waals surface area contributed by atoms with Gasteiger partial charge in [-0.25, -0.2) is 9.59 Å². The molecule has 0 aliphatic carbocycles. The van der Waals surface area contributed by atoms with Crippen molar-refractivity contribution in [1.29, 1.82) is 0 Å². The molecule has 5 heteroatoms. The van der Waals surface area contributed by atoms with Gasteiger partial charge in [0.2, 0.25) is 0 Å². The standard InChI is InChI=1S/C12H22N2O3/c1-9(2)8-13-12(17)14-7-5-3-4-6-10(14)11(15)16/h9-10H,3-8H2,1-2H3,(H,13,17)(H,15,16). The normalized spacial score (nSPS) is 21.1. The number of likely N-dealkylation sites (tertiary alicyclic amines) is 1. The van der Waals surface area contributed by atoms with Gasteiger partial charge in [0, 0.05) is 13.1 Å². The first-order valence-electron chi connectivity index (χ1n) is 6.29. The Morgan fingerprint density at radius 3 is 2.65 bits per heavy atom. The lowest BCUT2D eigenvalue weighted by Crippen LogP contribution is -2.49. The molecule has 1 unspecified atom stereocenters. The van der Waals surface area contributed by atoms with Crippen molar-refractivity contribution < 1.29 is 14.7 Å². The first kappa shape index (κ1) is 13.8. The average Bonchev–Trinajstić information content (AvgIpc) is 2.50. The van der Waals surface area contributed by atoms with Gasteiger partial charge in [-0.05, 0) is 18.8 Å². The number of nitrogens with zero attached hydrogens (tertiary/aromatic N) is 1. The Morgan fingerprint density at radius 1 is 1.35 bits per heavy atom. The Labute approximate surface area is 102 Å². The van der Waals surface area contributed by atoms with Crippen LogP contribution in [-0.4, -0.2) is 41.1 Å². The number of hydrogen-bond donors (Lipinski definition) is 2. The van der Waals surface area contributed by atoms with Gasteiger partial charge in [0.1, 0.15) is 6.04 Å². The van der Waals surface area contributed by atoms with Gasteiger partial charge in [0.05, 0.1) is 0 Å². The molecule has 98 valence electrons. The molecule has 2 amide bonds. The summed E-state index contributed by atoms with van der Waals surface area (Å²) in [4.78, 5) is 24.5. The van der Waals surface area contributed by atoms with Crippen LogP contribution in [0.15, 0.2) is 0 Å². The number of carbonyl (C=O) groups excluding carboxylic acids is 1. The Balaban J connectivity index is 2.62. The van der Waals surface area contributed by atoms with Crippen LogP contribution in [0.4, 0.5) is 4.79 Å². The van der Waals surface area contributed by atoms with Gasteiger partial charge in [0.25, 0.3) is 0 Å². The molecule has 1 aliphatic heterocycles. The van der Waals surface area contributed by atoms with Crippen molar-refractivity contribution in [2.45, 2.75) is 45.6 Å². The summed E-state index contributed by atoms with van der Waals surface area (Å²) >= 11 is 0. The van der Waals surface area contributed by atoms with E-state index < -0.39 is 12.0 Å². The maximum Gasteiger partial charge on any atom is 0.326 e. The second-order valence-electron chi connectivity index (χ2n) is 4.98. The molecule has 1 aliphatic rings. The molecule has 1 fully saturated rings. The molecule has 0 bridgehead atoms. The summed E-state index contributed by atoms with van der Waals surface area (Å²) in [6.45, 7) is 5.15. The van der Waals surface area contributed by atoms with Crippen LogP contribution in [-0.2, 0) is 4.79 Å². The van der Waals surface area contributed by atoms with Crippen LogP contribution in [0.1, 0.15) is 39.5 Å². The minimum Gasteiger partial charge on any atom is -0.480 e. The van der Waals surface area contributed by atoms with Gasteiger partial charge in [-0.1, -0.05) is 26.7 Å². The van der Waals surface area contributed by atoms with Crippen molar-refractivity contribution in [3.05, 3.63) is 0 Å². The van der Waals surface area contributed by atoms with E-state index in [4.69, 9.17) is 5.11 Å². The van der Waals surface area contributed by atoms with E-state index in [2.05, 4.69) is 5.32 Å². The molecule has 2 N–H and O–H groups in total. The molecule has 5 nitrogen and oxygen atoms in total. The lowest BCUT2D eigenvalue weighted by atomic mass is 10.1. The number of amides is 2. The summed E-state index contributed by atoms with van der Waals surface area (Å²) < 4.78 is 0. The summed E-state index contributed by atoms with van der Waals surface area (Å²) in [5.41, 5.74) is 0. The van der Waals surface area contributed by atoms with Crippen LogP contribution < -0.4 is 5.32 Å². The molecule has 0 aromatic heterocycles. The fourth-order valence-corrected chi connectivity index (χ4v) is 2.00. The summed E-state index contributed by atoms with van der Waals surface area (Å²) in [7, 11) is 0. The number of rotatable bonds is 3. The van der Waals surface area contributed by atoms with Crippen molar-refractivity contribution in [1.82, 2.24) is 10.2 Å². The zero-order chi connectivity index (χ0) is 12.8. The maximum atomic E-state index is 11.9. The SMILES string of the molecule is CC(C)CNC(=O)N1CCCCCC1C(=O)O. The highest BCUT2D eigenvalue weighted by Crippen LogP contribution is 2.17. The maximum absolute atomic E-state index is 11.9. The Morgan fingerprint density at radius 2 is 2.06 bits per heavy atom. The molecule has 1 atom stereocenters. The van der Waals surface area contributed by atoms with Gasteiger partial charge in [-0.3, -0.25) is 0 Å². The van der Waals surface area contributed by atoms with Gasteiger partial charge >= 0.3 is 12.0 Å². The van der Waals surface area contributed by atoms with Gasteiger partial charge < -0.3 is 15.3 Å². The number of carbonyl (C=O) groups is 2. The third-order valence-electron chi connectivity index (χ3n) is 2.96. The summed E-state index contributed by atoms with van der Waals surface area (Å²) in [6.07, 6.45) is 3.33. The number of carboxylic acids is 1. The number of carboxylic acid groups (broad SMARTS) is 1. The van der Waals surface area contributed by atoms with E-state index in [1.807, 2.05) is 13.8 Å². The molecule has 1 heterocycles. The van der Waals surface area contributed by atoms with E-state index in [0.29, 0.717) is 25.4 Å². The van der Waals surface area contributed by atoms with Crippen molar-refractivity contribution in [3.8, 4) is 0 Å². The zero-order valence-electron chi connectivity index (χ0n) is 10.6. The first-order chi connectivity index (χ1) is 8.02. The molecule has 1 rings (SSSR count). The molecular weight excluding hydrogens is 220 g/mol. The van der Waals surface area contributed by atoms with Crippen LogP contribution in [0.25, 0.3) is 0 Å². The van der Waals surface area contributed by atoms with Crippen LogP contribution in [0.2, 0.25) is 0 Å². The molecular formula is C12H22N2O3. The second-order valence-corrected chi connectivity index (χ2v) is 4.98. The monoisotopic (exact) mass is 242 g/mol. The zero-order valence-corrected chi connectivity index (χ0v) is 10.6. The number of aliphatic carboxylic acids is 1. The van der Waals surface area contributed by atoms with Gasteiger partial charge in [0.15, 0.2) is 0 Å². The Bertz CT molecular complexity index is 279. The van der Waals surface area contributed by atoms with Crippen molar-refractivity contribution in [3.63, 3.8) is 0 Å². The highest BCUT2D eigenvalue weighted by molar-refractivity contribution is 5.82. The van der Waals surface area contributed by atoms with E-state index in [1.165, 1.54) is 4.90 Å². The average molecular weight is 242 g/mol. The predicted molar refractivity (Wildman–Crippen MR) is 64.8 cm³/mol. The van der Waals surface area contributed by atoms with E-state index in [1.54, 1.807) is 0 Å². The highest BCUT2D eigenvalue weighted by Gasteiger charge is 2.30. The van der Waals surface area contributed by atoms with Crippen LogP contribution >= 0.6 is 0 Å². The quantitative estimate of drug-likeness (QED) is 0.791. The molecule has 0 aromatic carbocycles. The van der Waals surface area contributed by atoms with Crippen molar-refractivity contribution >= 4 is 12.0 Å². The second kappa shape index (κ2) is 6.47. The summed E-state index contributed by atoms with van der Waals surface area (Å²) in [5.74, 6) is -0.527. The third kappa shape index (κ3) is 4.24. The largest absolute Gasteiger partial charge is 0.480 e. The molecule has 0 spiro atoms.